The molecule has 4 atom stereocenters. The van der Waals surface area contributed by atoms with Crippen LogP contribution in [0.4, 0.5) is 22.0 Å². The van der Waals surface area contributed by atoms with Gasteiger partial charge in [-0.3, -0.25) is 24.0 Å². The van der Waals surface area contributed by atoms with Crippen LogP contribution in [-0.4, -0.2) is 77.7 Å². The van der Waals surface area contributed by atoms with Crippen LogP contribution >= 0.6 is 0 Å². The number of amides is 5. The van der Waals surface area contributed by atoms with Crippen molar-refractivity contribution < 1.29 is 45.9 Å². The molecule has 1 saturated carbocycles. The third-order valence-electron chi connectivity index (χ3n) is 7.17. The molecule has 0 radical (unpaired) electrons. The number of primary amides is 1. The number of nitrogens with two attached hydrogens (primary N) is 1. The molecule has 3 aliphatic rings. The highest BCUT2D eigenvalue weighted by atomic mass is 19.4. The van der Waals surface area contributed by atoms with Gasteiger partial charge >= 0.3 is 12.1 Å². The van der Waals surface area contributed by atoms with Crippen molar-refractivity contribution in [3.63, 3.8) is 0 Å². The fourth-order valence-electron chi connectivity index (χ4n) is 4.83. The average Bonchev–Trinajstić information content (AvgIpc) is 3.17. The van der Waals surface area contributed by atoms with Gasteiger partial charge in [0.25, 0.3) is 5.92 Å². The highest BCUT2D eigenvalue weighted by Gasteiger charge is 2.49. The molecule has 3 rings (SSSR count). The van der Waals surface area contributed by atoms with Gasteiger partial charge < -0.3 is 26.6 Å². The van der Waals surface area contributed by atoms with Gasteiger partial charge in [-0.1, -0.05) is 19.3 Å². The van der Waals surface area contributed by atoms with Gasteiger partial charge in [-0.15, -0.1) is 0 Å². The number of carbonyl (C=O) groups is 5. The normalized spacial score (nSPS) is 25.4. The lowest BCUT2D eigenvalue weighted by Gasteiger charge is -2.41. The third kappa shape index (κ3) is 7.28. The number of hydrogen-bond donors (Lipinski definition) is 4. The Balaban J connectivity index is 1.79. The summed E-state index contributed by atoms with van der Waals surface area (Å²) in [5, 5.41) is 6.44. The molecular weight excluding hydrogens is 509 g/mol. The summed E-state index contributed by atoms with van der Waals surface area (Å²) in [7, 11) is 0. The Labute approximate surface area is 209 Å². The fourth-order valence-corrected chi connectivity index (χ4v) is 4.83. The van der Waals surface area contributed by atoms with Crippen LogP contribution in [0.3, 0.4) is 0 Å². The number of piperidine rings is 1. The van der Waals surface area contributed by atoms with E-state index < -0.39 is 79.2 Å². The van der Waals surface area contributed by atoms with E-state index in [1.165, 1.54) is 0 Å². The number of carbonyl (C=O) groups excluding carboxylic acids is 5. The molecule has 0 unspecified atom stereocenters. The second-order valence-electron chi connectivity index (χ2n) is 9.89. The first-order valence-electron chi connectivity index (χ1n) is 12.1. The second kappa shape index (κ2) is 11.2. The Morgan fingerprint density at radius 1 is 1.08 bits per heavy atom. The molecule has 2 aliphatic heterocycles. The number of halogens is 5. The van der Waals surface area contributed by atoms with Crippen molar-refractivity contribution in [1.29, 1.82) is 0 Å². The van der Waals surface area contributed by atoms with Crippen molar-refractivity contribution in [3.05, 3.63) is 0 Å². The van der Waals surface area contributed by atoms with Gasteiger partial charge in [0.2, 0.25) is 23.6 Å². The molecule has 3 fully saturated rings. The first-order valence-corrected chi connectivity index (χ1v) is 12.1. The summed E-state index contributed by atoms with van der Waals surface area (Å²) in [6.45, 7) is -0.300. The van der Waals surface area contributed by atoms with Crippen molar-refractivity contribution in [2.45, 2.75) is 81.6 Å². The number of nitrogens with zero attached hydrogens (tertiary/aromatic N) is 1. The van der Waals surface area contributed by atoms with Crippen LogP contribution in [0, 0.1) is 11.8 Å². The molecule has 0 bridgehead atoms. The Kier molecular flexibility index (Phi) is 8.63. The summed E-state index contributed by atoms with van der Waals surface area (Å²) in [6, 6.07) is -4.90. The van der Waals surface area contributed by atoms with Crippen molar-refractivity contribution in [3.8, 4) is 0 Å². The summed E-state index contributed by atoms with van der Waals surface area (Å²) < 4.78 is 67.3. The molecule has 15 heteroatoms. The molecule has 0 spiro atoms. The van der Waals surface area contributed by atoms with E-state index in [0.717, 1.165) is 11.3 Å². The molecule has 2 saturated heterocycles. The zero-order valence-corrected chi connectivity index (χ0v) is 19.9. The maximum Gasteiger partial charge on any atom is 0.471 e. The first-order chi connectivity index (χ1) is 17.2. The molecule has 2 heterocycles. The van der Waals surface area contributed by atoms with Crippen LogP contribution in [0.1, 0.15) is 51.4 Å². The second-order valence-corrected chi connectivity index (χ2v) is 9.89. The van der Waals surface area contributed by atoms with Crippen LogP contribution < -0.4 is 21.7 Å². The van der Waals surface area contributed by atoms with Crippen LogP contribution in [0.2, 0.25) is 0 Å². The summed E-state index contributed by atoms with van der Waals surface area (Å²) in [5.74, 6) is -10.1. The zero-order valence-electron chi connectivity index (χ0n) is 19.9. The predicted molar refractivity (Wildman–Crippen MR) is 116 cm³/mol. The minimum Gasteiger partial charge on any atom is -0.368 e. The molecule has 5 amide bonds. The predicted octanol–water partition coefficient (Wildman–Crippen LogP) is 0.346. The molecule has 1 aliphatic carbocycles. The number of nitrogens with one attached hydrogen (secondary N) is 3. The van der Waals surface area contributed by atoms with E-state index >= 15 is 0 Å². The molecular formula is C22H30F5N5O5. The van der Waals surface area contributed by atoms with Gasteiger partial charge in [0.1, 0.15) is 18.1 Å². The molecule has 0 aromatic heterocycles. The van der Waals surface area contributed by atoms with Gasteiger partial charge in [0.05, 0.1) is 0 Å². The largest absolute Gasteiger partial charge is 0.471 e. The van der Waals surface area contributed by atoms with E-state index in [0.29, 0.717) is 25.8 Å². The highest BCUT2D eigenvalue weighted by Crippen LogP contribution is 2.35. The topological polar surface area (TPSA) is 151 Å². The van der Waals surface area contributed by atoms with E-state index in [2.05, 4.69) is 10.6 Å². The number of hydrogen-bond acceptors (Lipinski definition) is 5. The first kappa shape index (κ1) is 28.6. The van der Waals surface area contributed by atoms with Crippen molar-refractivity contribution in [2.24, 2.45) is 17.6 Å². The van der Waals surface area contributed by atoms with Crippen LogP contribution in [0.15, 0.2) is 0 Å². The standard InChI is InChI=1S/C22H30F5N5O5/c23-21(24)5-7-32(19(36)14(8-11-2-1-3-11)31-20(37)22(25,26)27)15(10-21)18(35)30-13(16(28)33)9-12-4-6-29-17(12)34/h11-15H,1-10H2,(H2,28,33)(H,29,34)(H,30,35)(H,31,37)/t12-,13-,14-,15-/m0/s1. The lowest BCUT2D eigenvalue weighted by atomic mass is 9.80. The Hall–Kier alpha value is -3.00. The van der Waals surface area contributed by atoms with Gasteiger partial charge in [0.15, 0.2) is 0 Å². The van der Waals surface area contributed by atoms with Gasteiger partial charge in [-0.05, 0) is 25.2 Å². The SMILES string of the molecule is NC(=O)[C@H](C[C@@H]1CCNC1=O)NC(=O)[C@@H]1CC(F)(F)CCN1C(=O)[C@H](CC1CCC1)NC(=O)C(F)(F)F. The van der Waals surface area contributed by atoms with Crippen molar-refractivity contribution in [2.75, 3.05) is 13.1 Å². The minimum atomic E-state index is -5.27. The van der Waals surface area contributed by atoms with E-state index in [4.69, 9.17) is 5.73 Å². The summed E-state index contributed by atoms with van der Waals surface area (Å²) in [5.41, 5.74) is 5.34. The molecule has 5 N–H and O–H groups in total. The average molecular weight is 540 g/mol. The molecule has 0 aromatic rings. The van der Waals surface area contributed by atoms with Gasteiger partial charge in [-0.2, -0.15) is 13.2 Å². The minimum absolute atomic E-state index is 0.136. The number of rotatable bonds is 9. The number of likely N-dealkylation sites (tertiary alicyclic amines) is 1. The van der Waals surface area contributed by atoms with Gasteiger partial charge in [-0.25, -0.2) is 8.78 Å². The highest BCUT2D eigenvalue weighted by molar-refractivity contribution is 5.95. The molecule has 10 nitrogen and oxygen atoms in total. The zero-order chi connectivity index (χ0) is 27.5. The van der Waals surface area contributed by atoms with E-state index in [-0.39, 0.29) is 24.7 Å². The van der Waals surface area contributed by atoms with Gasteiger partial charge in [0, 0.05) is 31.8 Å². The smallest absolute Gasteiger partial charge is 0.368 e. The third-order valence-corrected chi connectivity index (χ3v) is 7.17. The van der Waals surface area contributed by atoms with E-state index in [9.17, 15) is 45.9 Å². The maximum absolute atomic E-state index is 14.3. The lowest BCUT2D eigenvalue weighted by Crippen LogP contribution is -2.62. The van der Waals surface area contributed by atoms with Crippen molar-refractivity contribution in [1.82, 2.24) is 20.9 Å². The number of alkyl halides is 5. The Morgan fingerprint density at radius 3 is 2.27 bits per heavy atom. The van der Waals surface area contributed by atoms with E-state index in [1.54, 1.807) is 5.32 Å². The Bertz CT molecular complexity index is 926. The van der Waals surface area contributed by atoms with E-state index in [1.807, 2.05) is 0 Å². The Morgan fingerprint density at radius 2 is 1.76 bits per heavy atom. The van der Waals surface area contributed by atoms with Crippen LogP contribution in [0.5, 0.6) is 0 Å². The fraction of sp³-hybridized carbons (Fsp3) is 0.773. The quantitative estimate of drug-likeness (QED) is 0.312. The monoisotopic (exact) mass is 539 g/mol. The van der Waals surface area contributed by atoms with Crippen molar-refractivity contribution >= 4 is 29.5 Å². The van der Waals surface area contributed by atoms with Crippen LogP contribution in [0.25, 0.3) is 0 Å². The maximum atomic E-state index is 14.3. The molecule has 37 heavy (non-hydrogen) atoms. The summed E-state index contributed by atoms with van der Waals surface area (Å²) in [6.07, 6.45) is -5.15. The lowest BCUT2D eigenvalue weighted by molar-refractivity contribution is -0.176. The summed E-state index contributed by atoms with van der Waals surface area (Å²) >= 11 is 0. The summed E-state index contributed by atoms with van der Waals surface area (Å²) in [4.78, 5) is 62.4. The molecule has 0 aromatic carbocycles. The van der Waals surface area contributed by atoms with Crippen LogP contribution in [-0.2, 0) is 24.0 Å². The molecule has 208 valence electrons.